The minimum Gasteiger partial charge on any atom is -0.457 e. The van der Waals surface area contributed by atoms with Crippen LogP contribution in [0, 0.1) is 0 Å². The number of allylic oxidation sites excluding steroid dienone is 1. The molecule has 1 atom stereocenters. The summed E-state index contributed by atoms with van der Waals surface area (Å²) in [4.78, 5) is 6.76. The molecule has 0 fully saturated rings. The summed E-state index contributed by atoms with van der Waals surface area (Å²) in [5.41, 5.74) is 5.42. The van der Waals surface area contributed by atoms with Gasteiger partial charge in [0.05, 0.1) is 11.4 Å². The molecule has 0 amide bonds. The number of hydrogen-bond donors (Lipinski definition) is 1. The molecule has 0 saturated heterocycles. The van der Waals surface area contributed by atoms with Crippen molar-refractivity contribution in [1.82, 2.24) is 10.3 Å². The highest BCUT2D eigenvalue weighted by atomic mass is 16.5. The van der Waals surface area contributed by atoms with Gasteiger partial charge in [0.1, 0.15) is 11.8 Å². The Labute approximate surface area is 235 Å². The number of anilines is 2. The number of para-hydroxylation sites is 2. The first-order chi connectivity index (χ1) is 20.3. The first kappa shape index (κ1) is 22.3. The van der Waals surface area contributed by atoms with Crippen molar-refractivity contribution in [3.8, 4) is 5.75 Å². The summed E-state index contributed by atoms with van der Waals surface area (Å²) in [6, 6.07) is 38.0. The maximum Gasteiger partial charge on any atom is 0.227 e. The Kier molecular flexibility index (Phi) is 4.61. The van der Waals surface area contributed by atoms with Crippen molar-refractivity contribution in [2.24, 2.45) is 0 Å². The quantitative estimate of drug-likeness (QED) is 0.232. The number of nitrogens with zero attached hydrogens (tertiary/aromatic N) is 2. The second kappa shape index (κ2) is 8.47. The summed E-state index contributed by atoms with van der Waals surface area (Å²) in [5, 5.41) is 10.4. The van der Waals surface area contributed by atoms with Gasteiger partial charge < -0.3 is 19.4 Å². The van der Waals surface area contributed by atoms with Gasteiger partial charge in [-0.1, -0.05) is 72.8 Å². The fraction of sp³-hybridized carbons (Fsp3) is 0.0278. The zero-order valence-corrected chi connectivity index (χ0v) is 21.9. The molecule has 0 spiro atoms. The smallest absolute Gasteiger partial charge is 0.227 e. The second-order valence-electron chi connectivity index (χ2n) is 10.5. The topological polar surface area (TPSA) is 50.5 Å². The minimum absolute atomic E-state index is 0.0744. The monoisotopic (exact) mass is 529 g/mol. The van der Waals surface area contributed by atoms with E-state index in [2.05, 4.69) is 112 Å². The predicted octanol–water partition coefficient (Wildman–Crippen LogP) is 8.89. The van der Waals surface area contributed by atoms with E-state index >= 15 is 0 Å². The lowest BCUT2D eigenvalue weighted by Gasteiger charge is -2.30. The molecule has 7 aromatic rings. The van der Waals surface area contributed by atoms with Gasteiger partial charge in [0.15, 0.2) is 11.3 Å². The third-order valence-electron chi connectivity index (χ3n) is 8.19. The summed E-state index contributed by atoms with van der Waals surface area (Å²) >= 11 is 0. The van der Waals surface area contributed by atoms with Crippen molar-refractivity contribution in [3.63, 3.8) is 0 Å². The van der Waals surface area contributed by atoms with E-state index in [1.165, 1.54) is 21.5 Å². The number of fused-ring (bicyclic) bond motifs is 9. The fourth-order valence-corrected chi connectivity index (χ4v) is 6.33. The maximum atomic E-state index is 6.54. The fourth-order valence-electron chi connectivity index (χ4n) is 6.33. The Morgan fingerprint density at radius 3 is 2.54 bits per heavy atom. The van der Waals surface area contributed by atoms with Crippen LogP contribution in [0.25, 0.3) is 43.6 Å². The van der Waals surface area contributed by atoms with E-state index in [0.29, 0.717) is 5.71 Å². The van der Waals surface area contributed by atoms with E-state index in [-0.39, 0.29) is 6.04 Å². The molecule has 1 N–H and O–H groups in total. The van der Waals surface area contributed by atoms with Crippen LogP contribution >= 0.6 is 0 Å². The Morgan fingerprint density at radius 2 is 1.54 bits per heavy atom. The lowest BCUT2D eigenvalue weighted by Crippen LogP contribution is -2.27. The zero-order valence-electron chi connectivity index (χ0n) is 21.9. The summed E-state index contributed by atoms with van der Waals surface area (Å²) in [6.07, 6.45) is 5.86. The van der Waals surface area contributed by atoms with E-state index in [0.717, 1.165) is 50.5 Å². The molecule has 41 heavy (non-hydrogen) atoms. The largest absolute Gasteiger partial charge is 0.457 e. The summed E-state index contributed by atoms with van der Waals surface area (Å²) in [7, 11) is 0. The maximum absolute atomic E-state index is 6.54. The molecule has 2 aliphatic rings. The van der Waals surface area contributed by atoms with Gasteiger partial charge in [0.2, 0.25) is 5.71 Å². The van der Waals surface area contributed by atoms with Crippen LogP contribution in [0.4, 0.5) is 11.4 Å². The Bertz CT molecular complexity index is 2240. The molecular formula is C36H23N3O2. The molecule has 9 rings (SSSR count). The number of dihydropyridines is 1. The molecule has 0 bridgehead atoms. The van der Waals surface area contributed by atoms with E-state index < -0.39 is 0 Å². The molecule has 5 heteroatoms. The van der Waals surface area contributed by atoms with Crippen molar-refractivity contribution < 1.29 is 9.15 Å². The van der Waals surface area contributed by atoms with Crippen LogP contribution in [-0.4, -0.2) is 4.98 Å². The SMILES string of the molecule is C1=CC(N(c2ccc3c(ccc4ccccc43)c2)c2cccc3c2oc2ncccc23)=C2Oc3ccccc3C2N1. The van der Waals surface area contributed by atoms with Gasteiger partial charge in [0.25, 0.3) is 0 Å². The number of aromatic nitrogens is 1. The van der Waals surface area contributed by atoms with Gasteiger partial charge in [-0.15, -0.1) is 0 Å². The van der Waals surface area contributed by atoms with Gasteiger partial charge in [-0.3, -0.25) is 0 Å². The highest BCUT2D eigenvalue weighted by molar-refractivity contribution is 6.10. The van der Waals surface area contributed by atoms with Gasteiger partial charge >= 0.3 is 0 Å². The molecular weight excluding hydrogens is 506 g/mol. The number of benzene rings is 5. The van der Waals surface area contributed by atoms with E-state index in [9.17, 15) is 0 Å². The number of nitrogens with one attached hydrogen (secondary N) is 1. The Hall–Kier alpha value is -5.55. The lowest BCUT2D eigenvalue weighted by atomic mass is 10.00. The summed E-state index contributed by atoms with van der Waals surface area (Å²) in [6.45, 7) is 0. The highest BCUT2D eigenvalue weighted by Crippen LogP contribution is 2.47. The second-order valence-corrected chi connectivity index (χ2v) is 10.5. The average Bonchev–Trinajstić information content (AvgIpc) is 3.61. The van der Waals surface area contributed by atoms with E-state index in [1.54, 1.807) is 6.20 Å². The van der Waals surface area contributed by atoms with Crippen LogP contribution in [0.1, 0.15) is 11.6 Å². The zero-order chi connectivity index (χ0) is 26.9. The first-order valence-electron chi connectivity index (χ1n) is 13.7. The van der Waals surface area contributed by atoms with Crippen LogP contribution < -0.4 is 15.0 Å². The van der Waals surface area contributed by atoms with Crippen LogP contribution in [0.2, 0.25) is 0 Å². The van der Waals surface area contributed by atoms with Crippen molar-refractivity contribution in [2.45, 2.75) is 6.04 Å². The molecule has 0 aliphatic carbocycles. The van der Waals surface area contributed by atoms with E-state index in [4.69, 9.17) is 9.15 Å². The van der Waals surface area contributed by atoms with Crippen molar-refractivity contribution in [2.75, 3.05) is 4.90 Å². The number of rotatable bonds is 3. The molecule has 4 heterocycles. The normalized spacial score (nSPS) is 15.8. The van der Waals surface area contributed by atoms with Gasteiger partial charge in [-0.25, -0.2) is 4.98 Å². The number of hydrogen-bond acceptors (Lipinski definition) is 5. The van der Waals surface area contributed by atoms with Crippen LogP contribution in [-0.2, 0) is 0 Å². The third kappa shape index (κ3) is 3.26. The van der Waals surface area contributed by atoms with Gasteiger partial charge in [-0.05, 0) is 70.2 Å². The molecule has 0 radical (unpaired) electrons. The summed E-state index contributed by atoms with van der Waals surface area (Å²) in [5.74, 6) is 1.73. The van der Waals surface area contributed by atoms with Crippen LogP contribution in [0.3, 0.4) is 0 Å². The molecule has 2 aliphatic heterocycles. The van der Waals surface area contributed by atoms with Crippen molar-refractivity contribution in [1.29, 1.82) is 0 Å². The molecule has 5 aromatic carbocycles. The number of furan rings is 1. The van der Waals surface area contributed by atoms with Gasteiger partial charge in [-0.2, -0.15) is 0 Å². The van der Waals surface area contributed by atoms with Crippen molar-refractivity contribution >= 4 is 55.0 Å². The van der Waals surface area contributed by atoms with Crippen LogP contribution in [0.15, 0.2) is 144 Å². The molecule has 5 nitrogen and oxygen atoms in total. The number of ether oxygens (including phenoxy) is 1. The van der Waals surface area contributed by atoms with E-state index in [1.807, 2.05) is 24.4 Å². The third-order valence-corrected chi connectivity index (χ3v) is 8.19. The molecule has 0 saturated carbocycles. The minimum atomic E-state index is -0.0744. The Morgan fingerprint density at radius 1 is 0.707 bits per heavy atom. The number of pyridine rings is 1. The van der Waals surface area contributed by atoms with Gasteiger partial charge in [0, 0.05) is 28.2 Å². The van der Waals surface area contributed by atoms with Crippen LogP contribution in [0.5, 0.6) is 5.75 Å². The Balaban J connectivity index is 1.32. The first-order valence-corrected chi connectivity index (χ1v) is 13.7. The average molecular weight is 530 g/mol. The lowest BCUT2D eigenvalue weighted by molar-refractivity contribution is 0.408. The molecule has 194 valence electrons. The molecule has 1 unspecified atom stereocenters. The predicted molar refractivity (Wildman–Crippen MR) is 164 cm³/mol. The molecule has 2 aromatic heterocycles. The standard InChI is InChI=1S/C36H23N3O2/c1-2-8-25-22(7-1)14-15-23-21-24(16-17-26(23)25)39(30-12-5-10-27-28-11-6-19-38-36(28)41-34(27)30)31-18-20-37-33-29-9-3-4-13-32(29)40-35(31)33/h1-21,33,37H. The van der Waals surface area contributed by atoms with Crippen molar-refractivity contribution in [3.05, 3.63) is 145 Å². The highest BCUT2D eigenvalue weighted by Gasteiger charge is 2.35. The summed E-state index contributed by atoms with van der Waals surface area (Å²) < 4.78 is 13.0.